The number of aliphatic hydroxyl groups is 2. The Morgan fingerprint density at radius 1 is 1.15 bits per heavy atom. The summed E-state index contributed by atoms with van der Waals surface area (Å²) in [5.41, 5.74) is 5.39. The molecule has 5 N–H and O–H groups in total. The predicted molar refractivity (Wildman–Crippen MR) is 72.7 cm³/mol. The Labute approximate surface area is 119 Å². The van der Waals surface area contributed by atoms with Gasteiger partial charge in [-0.05, 0) is 44.6 Å². The molecule has 1 aliphatic carbocycles. The molecule has 0 aliphatic heterocycles. The average molecular weight is 287 g/mol. The molecule has 1 rings (SSSR count). The standard InChI is InChI=1S/C14H25NO5/c15-7-2-1-4-9(14(19)20)10-8-11(10)12(16)5-3-6-13(17)18/h9-11,13,17-18H,1-8,15H2,(H,19,20). The van der Waals surface area contributed by atoms with Crippen LogP contribution in [0, 0.1) is 17.8 Å². The Hall–Kier alpha value is -0.980. The SMILES string of the molecule is NCCCCC(C(=O)O)C1CC1C(=O)CCCC(O)O. The molecule has 0 radical (unpaired) electrons. The molecule has 6 heteroatoms. The molecular weight excluding hydrogens is 262 g/mol. The van der Waals surface area contributed by atoms with Crippen LogP contribution in [-0.4, -0.2) is 39.9 Å². The van der Waals surface area contributed by atoms with Gasteiger partial charge in [-0.25, -0.2) is 0 Å². The van der Waals surface area contributed by atoms with Crippen LogP contribution in [-0.2, 0) is 9.59 Å². The van der Waals surface area contributed by atoms with Crippen molar-refractivity contribution in [3.05, 3.63) is 0 Å². The molecule has 6 nitrogen and oxygen atoms in total. The molecule has 3 atom stereocenters. The number of hydrogen-bond donors (Lipinski definition) is 4. The molecule has 0 saturated heterocycles. The van der Waals surface area contributed by atoms with E-state index < -0.39 is 18.2 Å². The summed E-state index contributed by atoms with van der Waals surface area (Å²) in [6.45, 7) is 0.558. The van der Waals surface area contributed by atoms with Gasteiger partial charge in [0, 0.05) is 12.3 Å². The molecule has 1 aliphatic rings. The van der Waals surface area contributed by atoms with Gasteiger partial charge in [0.25, 0.3) is 0 Å². The van der Waals surface area contributed by atoms with E-state index in [9.17, 15) is 14.7 Å². The fourth-order valence-electron chi connectivity index (χ4n) is 2.70. The molecular formula is C14H25NO5. The summed E-state index contributed by atoms with van der Waals surface area (Å²) in [7, 11) is 0. The minimum Gasteiger partial charge on any atom is -0.481 e. The van der Waals surface area contributed by atoms with E-state index in [0.29, 0.717) is 32.2 Å². The normalized spacial score (nSPS) is 22.8. The topological polar surface area (TPSA) is 121 Å². The van der Waals surface area contributed by atoms with Crippen LogP contribution in [0.3, 0.4) is 0 Å². The van der Waals surface area contributed by atoms with Crippen molar-refractivity contribution < 1.29 is 24.9 Å². The number of carboxylic acid groups (broad SMARTS) is 1. The number of Topliss-reactive ketones (excluding diaryl/α,β-unsaturated/α-hetero) is 1. The maximum atomic E-state index is 11.9. The lowest BCUT2D eigenvalue weighted by Gasteiger charge is -2.11. The second kappa shape index (κ2) is 8.34. The van der Waals surface area contributed by atoms with Gasteiger partial charge in [0.1, 0.15) is 5.78 Å². The number of aliphatic carboxylic acids is 1. The lowest BCUT2D eigenvalue weighted by Crippen LogP contribution is -2.19. The maximum absolute atomic E-state index is 11.9. The van der Waals surface area contributed by atoms with E-state index in [2.05, 4.69) is 0 Å². The van der Waals surface area contributed by atoms with Crippen LogP contribution in [0.2, 0.25) is 0 Å². The molecule has 0 bridgehead atoms. The van der Waals surface area contributed by atoms with Gasteiger partial charge in [0.2, 0.25) is 0 Å². The number of hydrogen-bond acceptors (Lipinski definition) is 5. The van der Waals surface area contributed by atoms with Gasteiger partial charge in [0.15, 0.2) is 6.29 Å². The molecule has 1 fully saturated rings. The van der Waals surface area contributed by atoms with E-state index in [4.69, 9.17) is 15.9 Å². The van der Waals surface area contributed by atoms with Crippen molar-refractivity contribution in [3.8, 4) is 0 Å². The number of unbranched alkanes of at least 4 members (excludes halogenated alkanes) is 1. The summed E-state index contributed by atoms with van der Waals surface area (Å²) in [5, 5.41) is 26.6. The molecule has 3 unspecified atom stereocenters. The zero-order valence-corrected chi connectivity index (χ0v) is 11.7. The van der Waals surface area contributed by atoms with Crippen LogP contribution in [0.25, 0.3) is 0 Å². The van der Waals surface area contributed by atoms with Crippen LogP contribution < -0.4 is 5.73 Å². The van der Waals surface area contributed by atoms with Gasteiger partial charge in [0.05, 0.1) is 5.92 Å². The number of carboxylic acids is 1. The van der Waals surface area contributed by atoms with Crippen molar-refractivity contribution in [1.82, 2.24) is 0 Å². The molecule has 20 heavy (non-hydrogen) atoms. The Balaban J connectivity index is 2.33. The summed E-state index contributed by atoms with van der Waals surface area (Å²) in [6, 6.07) is 0. The first kappa shape index (κ1) is 17.1. The Morgan fingerprint density at radius 2 is 1.85 bits per heavy atom. The molecule has 0 amide bonds. The van der Waals surface area contributed by atoms with E-state index in [0.717, 1.165) is 12.8 Å². The monoisotopic (exact) mass is 287 g/mol. The molecule has 1 saturated carbocycles. The second-order valence-electron chi connectivity index (χ2n) is 5.57. The summed E-state index contributed by atoms with van der Waals surface area (Å²) < 4.78 is 0. The first-order valence-electron chi connectivity index (χ1n) is 7.29. The van der Waals surface area contributed by atoms with Crippen LogP contribution in [0.5, 0.6) is 0 Å². The summed E-state index contributed by atoms with van der Waals surface area (Å²) >= 11 is 0. The zero-order valence-electron chi connectivity index (χ0n) is 11.7. The number of carbonyl (C=O) groups is 2. The van der Waals surface area contributed by atoms with Gasteiger partial charge >= 0.3 is 5.97 Å². The third-order valence-electron chi connectivity index (χ3n) is 3.94. The van der Waals surface area contributed by atoms with E-state index in [-0.39, 0.29) is 24.0 Å². The van der Waals surface area contributed by atoms with Crippen molar-refractivity contribution in [1.29, 1.82) is 0 Å². The van der Waals surface area contributed by atoms with Gasteiger partial charge < -0.3 is 21.1 Å². The Bertz CT molecular complexity index is 332. The molecule has 0 aromatic heterocycles. The average Bonchev–Trinajstić information content (AvgIpc) is 3.13. The van der Waals surface area contributed by atoms with Crippen LogP contribution in [0.1, 0.15) is 44.9 Å². The van der Waals surface area contributed by atoms with Gasteiger partial charge in [-0.3, -0.25) is 9.59 Å². The third-order valence-corrected chi connectivity index (χ3v) is 3.94. The molecule has 0 aromatic rings. The van der Waals surface area contributed by atoms with E-state index >= 15 is 0 Å². The van der Waals surface area contributed by atoms with Crippen molar-refractivity contribution >= 4 is 11.8 Å². The highest BCUT2D eigenvalue weighted by Gasteiger charge is 2.49. The molecule has 0 heterocycles. The maximum Gasteiger partial charge on any atom is 0.306 e. The second-order valence-corrected chi connectivity index (χ2v) is 5.57. The van der Waals surface area contributed by atoms with Gasteiger partial charge in [-0.1, -0.05) is 6.42 Å². The van der Waals surface area contributed by atoms with Crippen molar-refractivity contribution in [2.75, 3.05) is 6.54 Å². The van der Waals surface area contributed by atoms with Crippen molar-refractivity contribution in [2.24, 2.45) is 23.5 Å². The van der Waals surface area contributed by atoms with E-state index in [1.165, 1.54) is 0 Å². The quantitative estimate of drug-likeness (QED) is 0.324. The number of aliphatic hydroxyl groups excluding tert-OH is 1. The first-order chi connectivity index (χ1) is 9.47. The third kappa shape index (κ3) is 5.56. The van der Waals surface area contributed by atoms with Crippen LogP contribution in [0.15, 0.2) is 0 Å². The highest BCUT2D eigenvalue weighted by molar-refractivity contribution is 5.85. The van der Waals surface area contributed by atoms with Crippen molar-refractivity contribution in [2.45, 2.75) is 51.2 Å². The molecule has 0 aromatic carbocycles. The first-order valence-corrected chi connectivity index (χ1v) is 7.29. The highest BCUT2D eigenvalue weighted by Crippen LogP contribution is 2.47. The minimum atomic E-state index is -1.37. The van der Waals surface area contributed by atoms with Crippen LogP contribution in [0.4, 0.5) is 0 Å². The smallest absolute Gasteiger partial charge is 0.306 e. The minimum absolute atomic E-state index is 0.0446. The predicted octanol–water partition coefficient (Wildman–Crippen LogP) is 0.502. The Morgan fingerprint density at radius 3 is 2.40 bits per heavy atom. The van der Waals surface area contributed by atoms with Crippen molar-refractivity contribution in [3.63, 3.8) is 0 Å². The molecule has 116 valence electrons. The zero-order chi connectivity index (χ0) is 15.1. The fraction of sp³-hybridized carbons (Fsp3) is 0.857. The number of carbonyl (C=O) groups excluding carboxylic acids is 1. The summed E-state index contributed by atoms with van der Waals surface area (Å²) in [4.78, 5) is 23.1. The fourth-order valence-corrected chi connectivity index (χ4v) is 2.70. The van der Waals surface area contributed by atoms with Crippen LogP contribution >= 0.6 is 0 Å². The van der Waals surface area contributed by atoms with E-state index in [1.54, 1.807) is 0 Å². The lowest BCUT2D eigenvalue weighted by atomic mass is 9.94. The highest BCUT2D eigenvalue weighted by atomic mass is 16.5. The molecule has 0 spiro atoms. The number of nitrogens with two attached hydrogens (primary N) is 1. The van der Waals surface area contributed by atoms with Gasteiger partial charge in [-0.2, -0.15) is 0 Å². The lowest BCUT2D eigenvalue weighted by molar-refractivity contribution is -0.143. The summed E-state index contributed by atoms with van der Waals surface area (Å²) in [6.07, 6.45) is 2.36. The summed E-state index contributed by atoms with van der Waals surface area (Å²) in [5.74, 6) is -1.41. The number of ketones is 1. The Kier molecular flexibility index (Phi) is 7.12. The number of rotatable bonds is 11. The van der Waals surface area contributed by atoms with E-state index in [1.807, 2.05) is 0 Å². The van der Waals surface area contributed by atoms with Gasteiger partial charge in [-0.15, -0.1) is 0 Å². The largest absolute Gasteiger partial charge is 0.481 e.